The predicted molar refractivity (Wildman–Crippen MR) is 93.0 cm³/mol. The number of ether oxygens (including phenoxy) is 4. The highest BCUT2D eigenvalue weighted by Crippen LogP contribution is 2.30. The molecule has 0 spiro atoms. The number of carbonyl (C=O) groups is 2. The second kappa shape index (κ2) is 9.10. The first kappa shape index (κ1) is 19.6. The molecule has 8 heteroatoms. The molecule has 0 saturated carbocycles. The topological polar surface area (TPSA) is 108 Å². The molecule has 0 aliphatic rings. The van der Waals surface area contributed by atoms with E-state index >= 15 is 0 Å². The summed E-state index contributed by atoms with van der Waals surface area (Å²) in [6, 6.07) is 9.76. The average Bonchev–Trinajstić information content (AvgIpc) is 3.18. The Kier molecular flexibility index (Phi) is 6.61. The zero-order valence-corrected chi connectivity index (χ0v) is 15.0. The fourth-order valence-electron chi connectivity index (χ4n) is 2.12. The van der Waals surface area contributed by atoms with Gasteiger partial charge >= 0.3 is 11.9 Å². The van der Waals surface area contributed by atoms with Gasteiger partial charge in [-0.1, -0.05) is 6.07 Å². The average molecular weight is 371 g/mol. The van der Waals surface area contributed by atoms with Crippen molar-refractivity contribution >= 4 is 18.0 Å². The van der Waals surface area contributed by atoms with Crippen LogP contribution in [0.25, 0.3) is 6.08 Å². The maximum atomic E-state index is 11.5. The number of rotatable bonds is 7. The largest absolute Gasteiger partial charge is 0.493 e. The van der Waals surface area contributed by atoms with Crippen molar-refractivity contribution in [1.29, 1.82) is 5.26 Å². The fourth-order valence-corrected chi connectivity index (χ4v) is 2.12. The molecule has 0 aliphatic heterocycles. The maximum Gasteiger partial charge on any atom is 0.373 e. The maximum absolute atomic E-state index is 11.5. The highest BCUT2D eigenvalue weighted by molar-refractivity contribution is 5.97. The molecule has 0 N–H and O–H groups in total. The summed E-state index contributed by atoms with van der Waals surface area (Å²) in [7, 11) is 3.93. The number of methoxy groups -OCH3 is 3. The van der Waals surface area contributed by atoms with E-state index in [9.17, 15) is 9.59 Å². The van der Waals surface area contributed by atoms with E-state index in [0.29, 0.717) is 22.8 Å². The number of furan rings is 1. The number of nitriles is 1. The van der Waals surface area contributed by atoms with Gasteiger partial charge in [-0.05, 0) is 35.9 Å². The molecule has 0 saturated heterocycles. The van der Waals surface area contributed by atoms with Gasteiger partial charge in [0.25, 0.3) is 0 Å². The van der Waals surface area contributed by atoms with Crippen LogP contribution in [0.15, 0.2) is 40.3 Å². The molecule has 140 valence electrons. The molecule has 1 aromatic heterocycles. The van der Waals surface area contributed by atoms with Crippen LogP contribution in [0.5, 0.6) is 11.5 Å². The second-order valence-electron chi connectivity index (χ2n) is 5.12. The zero-order valence-electron chi connectivity index (χ0n) is 15.0. The van der Waals surface area contributed by atoms with Gasteiger partial charge in [-0.15, -0.1) is 0 Å². The van der Waals surface area contributed by atoms with Gasteiger partial charge in [-0.25, -0.2) is 9.59 Å². The zero-order chi connectivity index (χ0) is 19.8. The molecule has 1 aromatic carbocycles. The molecule has 0 unspecified atom stereocenters. The highest BCUT2D eigenvalue weighted by atomic mass is 16.5. The van der Waals surface area contributed by atoms with Gasteiger partial charge < -0.3 is 23.4 Å². The predicted octanol–water partition coefficient (Wildman–Crippen LogP) is 2.73. The second-order valence-corrected chi connectivity index (χ2v) is 5.12. The molecule has 8 nitrogen and oxygen atoms in total. The summed E-state index contributed by atoms with van der Waals surface area (Å²) >= 11 is 0. The summed E-state index contributed by atoms with van der Waals surface area (Å²) in [6.07, 6.45) is 1.38. The van der Waals surface area contributed by atoms with E-state index < -0.39 is 11.9 Å². The van der Waals surface area contributed by atoms with Crippen molar-refractivity contribution in [3.63, 3.8) is 0 Å². The molecule has 0 bridgehead atoms. The summed E-state index contributed by atoms with van der Waals surface area (Å²) in [5, 5.41) is 9.02. The summed E-state index contributed by atoms with van der Waals surface area (Å²) in [4.78, 5) is 22.9. The van der Waals surface area contributed by atoms with Gasteiger partial charge in [0.15, 0.2) is 11.5 Å². The molecule has 0 amide bonds. The Morgan fingerprint density at radius 2 is 1.89 bits per heavy atom. The Bertz CT molecular complexity index is 905. The van der Waals surface area contributed by atoms with Gasteiger partial charge in [-0.3, -0.25) is 0 Å². The molecule has 0 radical (unpaired) electrons. The quantitative estimate of drug-likeness (QED) is 0.415. The van der Waals surface area contributed by atoms with E-state index in [-0.39, 0.29) is 17.9 Å². The SMILES string of the molecule is COC(=O)/C(C#N)=C/c1ccc(OCc2ccc(C(=O)OC)o2)c(OC)c1. The Balaban J connectivity index is 2.15. The van der Waals surface area contributed by atoms with E-state index in [2.05, 4.69) is 9.47 Å². The summed E-state index contributed by atoms with van der Waals surface area (Å²) in [5.74, 6) is 0.0204. The van der Waals surface area contributed by atoms with Crippen LogP contribution < -0.4 is 9.47 Å². The lowest BCUT2D eigenvalue weighted by molar-refractivity contribution is -0.135. The number of carbonyl (C=O) groups excluding carboxylic acids is 2. The number of hydrogen-bond donors (Lipinski definition) is 0. The summed E-state index contributed by atoms with van der Waals surface area (Å²) in [6.45, 7) is 0.0636. The van der Waals surface area contributed by atoms with Crippen LogP contribution in [-0.2, 0) is 20.9 Å². The first-order valence-electron chi connectivity index (χ1n) is 7.70. The summed E-state index contributed by atoms with van der Waals surface area (Å²) in [5.41, 5.74) is 0.422. The smallest absolute Gasteiger partial charge is 0.373 e. The van der Waals surface area contributed by atoms with Crippen LogP contribution in [0.4, 0.5) is 0 Å². The van der Waals surface area contributed by atoms with Gasteiger partial charge in [0.05, 0.1) is 21.3 Å². The number of nitrogens with zero attached hydrogens (tertiary/aromatic N) is 1. The van der Waals surface area contributed by atoms with E-state index in [1.807, 2.05) is 0 Å². The molecular formula is C19H17NO7. The molecule has 0 aliphatic carbocycles. The first-order valence-corrected chi connectivity index (χ1v) is 7.70. The number of hydrogen-bond acceptors (Lipinski definition) is 8. The van der Waals surface area contributed by atoms with Crippen LogP contribution in [-0.4, -0.2) is 33.3 Å². The number of benzene rings is 1. The Labute approximate surface area is 155 Å². The Hall–Kier alpha value is -3.73. The van der Waals surface area contributed by atoms with Crippen molar-refractivity contribution in [3.8, 4) is 17.6 Å². The van der Waals surface area contributed by atoms with Crippen LogP contribution in [0.1, 0.15) is 21.9 Å². The van der Waals surface area contributed by atoms with Gasteiger partial charge in [0, 0.05) is 0 Å². The van der Waals surface area contributed by atoms with Crippen LogP contribution in [0, 0.1) is 11.3 Å². The normalized spacial score (nSPS) is 10.7. The minimum atomic E-state index is -0.726. The number of esters is 2. The van der Waals surface area contributed by atoms with Crippen LogP contribution in [0.2, 0.25) is 0 Å². The first-order chi connectivity index (χ1) is 13.0. The van der Waals surface area contributed by atoms with Gasteiger partial charge in [0.1, 0.15) is 24.0 Å². The van der Waals surface area contributed by atoms with Crippen LogP contribution >= 0.6 is 0 Å². The lowest BCUT2D eigenvalue weighted by Crippen LogP contribution is -2.02. The Morgan fingerprint density at radius 3 is 2.52 bits per heavy atom. The van der Waals surface area contributed by atoms with Gasteiger partial charge in [0.2, 0.25) is 5.76 Å². The third-order valence-corrected chi connectivity index (χ3v) is 3.44. The molecule has 0 atom stereocenters. The molecule has 0 fully saturated rings. The molecule has 2 aromatic rings. The van der Waals surface area contributed by atoms with Crippen molar-refractivity contribution in [2.45, 2.75) is 6.61 Å². The minimum Gasteiger partial charge on any atom is -0.493 e. The van der Waals surface area contributed by atoms with Crippen molar-refractivity contribution in [3.05, 3.63) is 53.0 Å². The third kappa shape index (κ3) is 4.89. The van der Waals surface area contributed by atoms with Crippen LogP contribution in [0.3, 0.4) is 0 Å². The lowest BCUT2D eigenvalue weighted by Gasteiger charge is -2.10. The van der Waals surface area contributed by atoms with Crippen molar-refractivity contribution in [1.82, 2.24) is 0 Å². The lowest BCUT2D eigenvalue weighted by atomic mass is 10.1. The van der Waals surface area contributed by atoms with E-state index in [0.717, 1.165) is 0 Å². The van der Waals surface area contributed by atoms with E-state index in [1.165, 1.54) is 33.5 Å². The van der Waals surface area contributed by atoms with Gasteiger partial charge in [-0.2, -0.15) is 5.26 Å². The monoisotopic (exact) mass is 371 g/mol. The van der Waals surface area contributed by atoms with E-state index in [4.69, 9.17) is 19.2 Å². The fraction of sp³-hybridized carbons (Fsp3) is 0.211. The Morgan fingerprint density at radius 1 is 1.11 bits per heavy atom. The summed E-state index contributed by atoms with van der Waals surface area (Å²) < 4.78 is 25.4. The molecule has 1 heterocycles. The van der Waals surface area contributed by atoms with Crippen molar-refractivity contribution in [2.24, 2.45) is 0 Å². The minimum absolute atomic E-state index is 0.0636. The highest BCUT2D eigenvalue weighted by Gasteiger charge is 2.13. The van der Waals surface area contributed by atoms with Crippen molar-refractivity contribution < 1.29 is 33.0 Å². The van der Waals surface area contributed by atoms with E-state index in [1.54, 1.807) is 30.3 Å². The standard InChI is InChI=1S/C19H17NO7/c1-23-17-9-12(8-13(10-20)18(21)24-2)4-6-15(17)26-11-14-5-7-16(27-14)19(22)25-3/h4-9H,11H2,1-3H3/b13-8+. The third-order valence-electron chi connectivity index (χ3n) is 3.44. The molecular weight excluding hydrogens is 354 g/mol. The molecule has 27 heavy (non-hydrogen) atoms. The molecule has 2 rings (SSSR count). The van der Waals surface area contributed by atoms with Crippen molar-refractivity contribution in [2.75, 3.05) is 21.3 Å².